The van der Waals surface area contributed by atoms with Crippen molar-refractivity contribution in [3.05, 3.63) is 23.9 Å². The molecule has 0 bridgehead atoms. The standard InChI is InChI=1S/C12H24O3Si/c1-5-9-10-11-12-16(13-6-2,14-7-3)15-8-4/h9-12H,5-8H2,1-4H3/b10-9+,12-11+. The van der Waals surface area contributed by atoms with Crippen LogP contribution >= 0.6 is 0 Å². The monoisotopic (exact) mass is 244 g/mol. The topological polar surface area (TPSA) is 27.7 Å². The van der Waals surface area contributed by atoms with E-state index in [9.17, 15) is 0 Å². The van der Waals surface area contributed by atoms with E-state index in [-0.39, 0.29) is 0 Å². The molecule has 0 amide bonds. The van der Waals surface area contributed by atoms with Gasteiger partial charge in [0, 0.05) is 19.8 Å². The van der Waals surface area contributed by atoms with E-state index >= 15 is 0 Å². The normalized spacial score (nSPS) is 13.0. The van der Waals surface area contributed by atoms with Crippen molar-refractivity contribution in [3.63, 3.8) is 0 Å². The quantitative estimate of drug-likeness (QED) is 0.461. The van der Waals surface area contributed by atoms with Gasteiger partial charge in [-0.2, -0.15) is 0 Å². The summed E-state index contributed by atoms with van der Waals surface area (Å²) in [4.78, 5) is 0. The summed E-state index contributed by atoms with van der Waals surface area (Å²) < 4.78 is 17.0. The molecule has 94 valence electrons. The van der Waals surface area contributed by atoms with Crippen LogP contribution in [0.3, 0.4) is 0 Å². The van der Waals surface area contributed by atoms with Gasteiger partial charge in [-0.15, -0.1) is 0 Å². The summed E-state index contributed by atoms with van der Waals surface area (Å²) in [6.07, 6.45) is 7.06. The summed E-state index contributed by atoms with van der Waals surface area (Å²) in [7, 11) is -2.58. The Hall–Kier alpha value is -0.423. The Bertz CT molecular complexity index is 197. The summed E-state index contributed by atoms with van der Waals surface area (Å²) in [6.45, 7) is 9.78. The van der Waals surface area contributed by atoms with Crippen molar-refractivity contribution < 1.29 is 13.3 Å². The van der Waals surface area contributed by atoms with Crippen LogP contribution in [0.1, 0.15) is 34.1 Å². The molecule has 0 N–H and O–H groups in total. The van der Waals surface area contributed by atoms with Gasteiger partial charge in [0.25, 0.3) is 0 Å². The molecule has 0 fully saturated rings. The van der Waals surface area contributed by atoms with Gasteiger partial charge in [-0.05, 0) is 32.9 Å². The molecule has 0 atom stereocenters. The average Bonchev–Trinajstić information content (AvgIpc) is 2.26. The maximum Gasteiger partial charge on any atom is 0.529 e. The molecule has 3 nitrogen and oxygen atoms in total. The molecule has 0 saturated carbocycles. The Morgan fingerprint density at radius 2 is 1.31 bits per heavy atom. The summed E-state index contributed by atoms with van der Waals surface area (Å²) in [5.74, 6) is 0. The lowest BCUT2D eigenvalue weighted by molar-refractivity contribution is 0.0843. The Morgan fingerprint density at radius 3 is 1.69 bits per heavy atom. The van der Waals surface area contributed by atoms with Crippen LogP contribution in [-0.2, 0) is 13.3 Å². The lowest BCUT2D eigenvalue weighted by atomic mass is 10.4. The van der Waals surface area contributed by atoms with Crippen molar-refractivity contribution in [2.45, 2.75) is 34.1 Å². The molecule has 0 spiro atoms. The van der Waals surface area contributed by atoms with Gasteiger partial charge in [-0.3, -0.25) is 0 Å². The molecule has 0 aliphatic rings. The van der Waals surface area contributed by atoms with E-state index in [1.807, 2.05) is 38.6 Å². The molecule has 0 heterocycles. The molecule has 0 aromatic rings. The van der Waals surface area contributed by atoms with Crippen LogP contribution in [0.25, 0.3) is 0 Å². The van der Waals surface area contributed by atoms with E-state index in [2.05, 4.69) is 13.0 Å². The Balaban J connectivity index is 4.57. The SMILES string of the molecule is CC/C=C/C=C/[Si](OCC)(OCC)OCC. The van der Waals surface area contributed by atoms with Gasteiger partial charge < -0.3 is 13.3 Å². The molecular formula is C12H24O3Si. The predicted molar refractivity (Wildman–Crippen MR) is 69.2 cm³/mol. The second kappa shape index (κ2) is 9.78. The molecule has 0 aromatic heterocycles. The smallest absolute Gasteiger partial charge is 0.371 e. The van der Waals surface area contributed by atoms with E-state index < -0.39 is 8.80 Å². The highest BCUT2D eigenvalue weighted by molar-refractivity contribution is 6.66. The van der Waals surface area contributed by atoms with Gasteiger partial charge in [0.2, 0.25) is 0 Å². The van der Waals surface area contributed by atoms with Crippen molar-refractivity contribution in [1.29, 1.82) is 0 Å². The fraction of sp³-hybridized carbons (Fsp3) is 0.667. The summed E-state index contributed by atoms with van der Waals surface area (Å²) >= 11 is 0. The van der Waals surface area contributed by atoms with Gasteiger partial charge in [-0.25, -0.2) is 0 Å². The summed E-state index contributed by atoms with van der Waals surface area (Å²) in [5, 5.41) is 0. The Labute approximate surface area is 100 Å². The Kier molecular flexibility index (Phi) is 9.52. The van der Waals surface area contributed by atoms with Gasteiger partial charge in [0.15, 0.2) is 0 Å². The van der Waals surface area contributed by atoms with Gasteiger partial charge in [-0.1, -0.05) is 25.2 Å². The average molecular weight is 244 g/mol. The van der Waals surface area contributed by atoms with Crippen LogP contribution in [0.2, 0.25) is 0 Å². The predicted octanol–water partition coefficient (Wildman–Crippen LogP) is 3.10. The summed E-state index contributed by atoms with van der Waals surface area (Å²) in [5.41, 5.74) is 1.94. The lowest BCUT2D eigenvalue weighted by Crippen LogP contribution is -2.44. The minimum Gasteiger partial charge on any atom is -0.371 e. The number of rotatable bonds is 9. The molecule has 4 heteroatoms. The van der Waals surface area contributed by atoms with Gasteiger partial charge in [0.05, 0.1) is 0 Å². The molecule has 0 aliphatic carbocycles. The highest BCUT2D eigenvalue weighted by Crippen LogP contribution is 2.11. The molecule has 16 heavy (non-hydrogen) atoms. The minimum atomic E-state index is -2.58. The number of allylic oxidation sites excluding steroid dienone is 3. The fourth-order valence-corrected chi connectivity index (χ4v) is 3.35. The molecule has 0 rings (SSSR count). The van der Waals surface area contributed by atoms with Crippen LogP contribution in [0.15, 0.2) is 23.9 Å². The maximum absolute atomic E-state index is 5.66. The third kappa shape index (κ3) is 6.22. The minimum absolute atomic E-state index is 0.605. The van der Waals surface area contributed by atoms with Gasteiger partial charge in [0.1, 0.15) is 0 Å². The van der Waals surface area contributed by atoms with Crippen LogP contribution in [0.5, 0.6) is 0 Å². The first-order valence-electron chi connectivity index (χ1n) is 6.00. The number of hydrogen-bond donors (Lipinski definition) is 0. The van der Waals surface area contributed by atoms with Crippen molar-refractivity contribution in [2.24, 2.45) is 0 Å². The zero-order valence-corrected chi connectivity index (χ0v) is 11.9. The Morgan fingerprint density at radius 1 is 0.812 bits per heavy atom. The van der Waals surface area contributed by atoms with E-state index in [1.54, 1.807) is 0 Å². The number of hydrogen-bond acceptors (Lipinski definition) is 3. The van der Waals surface area contributed by atoms with Gasteiger partial charge >= 0.3 is 8.80 Å². The third-order valence-corrected chi connectivity index (χ3v) is 4.49. The molecule has 0 aliphatic heterocycles. The molecule has 0 radical (unpaired) electrons. The largest absolute Gasteiger partial charge is 0.529 e. The lowest BCUT2D eigenvalue weighted by Gasteiger charge is -2.25. The van der Waals surface area contributed by atoms with E-state index in [4.69, 9.17) is 13.3 Å². The zero-order chi connectivity index (χ0) is 12.3. The highest BCUT2D eigenvalue weighted by atomic mass is 28.4. The zero-order valence-electron chi connectivity index (χ0n) is 10.9. The fourth-order valence-electron chi connectivity index (χ4n) is 1.26. The van der Waals surface area contributed by atoms with E-state index in [0.29, 0.717) is 19.8 Å². The first-order valence-corrected chi connectivity index (χ1v) is 7.81. The summed E-state index contributed by atoms with van der Waals surface area (Å²) in [6, 6.07) is 0. The van der Waals surface area contributed by atoms with Crippen LogP contribution in [-0.4, -0.2) is 28.6 Å². The molecule has 0 saturated heterocycles. The maximum atomic E-state index is 5.66. The van der Waals surface area contributed by atoms with Crippen molar-refractivity contribution >= 4 is 8.80 Å². The van der Waals surface area contributed by atoms with Crippen molar-refractivity contribution in [3.8, 4) is 0 Å². The van der Waals surface area contributed by atoms with Crippen LogP contribution < -0.4 is 0 Å². The van der Waals surface area contributed by atoms with E-state index in [1.165, 1.54) is 0 Å². The van der Waals surface area contributed by atoms with Crippen LogP contribution in [0, 0.1) is 0 Å². The highest BCUT2D eigenvalue weighted by Gasteiger charge is 2.37. The van der Waals surface area contributed by atoms with Crippen molar-refractivity contribution in [2.75, 3.05) is 19.8 Å². The molecular weight excluding hydrogens is 220 g/mol. The first kappa shape index (κ1) is 15.6. The second-order valence-electron chi connectivity index (χ2n) is 3.10. The third-order valence-electron chi connectivity index (χ3n) is 1.82. The van der Waals surface area contributed by atoms with Crippen LogP contribution in [0.4, 0.5) is 0 Å². The molecule has 0 unspecified atom stereocenters. The first-order chi connectivity index (χ1) is 7.74. The van der Waals surface area contributed by atoms with Crippen molar-refractivity contribution in [1.82, 2.24) is 0 Å². The second-order valence-corrected chi connectivity index (χ2v) is 5.50. The van der Waals surface area contributed by atoms with E-state index in [0.717, 1.165) is 6.42 Å². The molecule has 0 aromatic carbocycles.